The van der Waals surface area contributed by atoms with Crippen LogP contribution in [0.4, 0.5) is 0 Å². The van der Waals surface area contributed by atoms with E-state index in [4.69, 9.17) is 23.6 Å². The van der Waals surface area contributed by atoms with E-state index in [-0.39, 0.29) is 12.2 Å². The van der Waals surface area contributed by atoms with E-state index in [1.54, 1.807) is 14.2 Å². The Morgan fingerprint density at radius 1 is 1.12 bits per heavy atom. The molecule has 1 fully saturated rings. The number of benzene rings is 1. The molecule has 1 aromatic carbocycles. The van der Waals surface area contributed by atoms with E-state index in [9.17, 15) is 0 Å². The van der Waals surface area contributed by atoms with Gasteiger partial charge in [0.15, 0.2) is 0 Å². The van der Waals surface area contributed by atoms with Crippen LogP contribution in [-0.4, -0.2) is 49.4 Å². The molecule has 2 atom stereocenters. The number of methoxy groups -OCH3 is 2. The van der Waals surface area contributed by atoms with E-state index in [1.165, 1.54) is 0 Å². The third-order valence-corrected chi connectivity index (χ3v) is 4.77. The van der Waals surface area contributed by atoms with E-state index in [2.05, 4.69) is 18.7 Å². The van der Waals surface area contributed by atoms with Crippen LogP contribution in [0.3, 0.4) is 0 Å². The molecule has 0 amide bonds. The first-order valence-electron chi connectivity index (χ1n) is 8.99. The van der Waals surface area contributed by atoms with Crippen molar-refractivity contribution < 1.29 is 18.6 Å². The molecule has 0 bridgehead atoms. The summed E-state index contributed by atoms with van der Waals surface area (Å²) < 4.78 is 22.8. The van der Waals surface area contributed by atoms with Crippen LogP contribution in [0.1, 0.15) is 30.9 Å². The Morgan fingerprint density at radius 2 is 1.81 bits per heavy atom. The smallest absolute Gasteiger partial charge is 0.230 e. The summed E-state index contributed by atoms with van der Waals surface area (Å²) in [6.07, 6.45) is 0.463. The number of aromatic nitrogens is 1. The normalized spacial score (nSPS) is 21.0. The highest BCUT2D eigenvalue weighted by atomic mass is 16.5. The number of oxazole rings is 1. The minimum absolute atomic E-state index is 0.231. The molecule has 2 heterocycles. The van der Waals surface area contributed by atoms with E-state index in [1.807, 2.05) is 26.0 Å². The number of hydrogen-bond donors (Lipinski definition) is 0. The Hall–Kier alpha value is -2.05. The molecule has 26 heavy (non-hydrogen) atoms. The lowest BCUT2D eigenvalue weighted by Gasteiger charge is -2.34. The third kappa shape index (κ3) is 3.71. The van der Waals surface area contributed by atoms with Gasteiger partial charge in [0, 0.05) is 25.2 Å². The summed E-state index contributed by atoms with van der Waals surface area (Å²) in [7, 11) is 3.30. The molecule has 1 saturated heterocycles. The molecule has 1 aliphatic heterocycles. The minimum atomic E-state index is 0.231. The number of rotatable bonds is 5. The van der Waals surface area contributed by atoms with Crippen LogP contribution in [0.15, 0.2) is 16.5 Å². The van der Waals surface area contributed by atoms with Crippen molar-refractivity contribution in [2.45, 2.75) is 46.4 Å². The van der Waals surface area contributed by atoms with Gasteiger partial charge in [0.1, 0.15) is 17.3 Å². The lowest BCUT2D eigenvalue weighted by Crippen LogP contribution is -2.44. The van der Waals surface area contributed by atoms with Gasteiger partial charge in [-0.3, -0.25) is 4.90 Å². The van der Waals surface area contributed by atoms with Gasteiger partial charge in [-0.05, 0) is 39.8 Å². The molecule has 0 unspecified atom stereocenters. The van der Waals surface area contributed by atoms with Crippen LogP contribution in [0.5, 0.6) is 11.5 Å². The standard InChI is InChI=1S/C20H28N2O4/c1-12-9-22(10-13(2)25-12)11-17-15(4)26-20(21-17)16-7-8-18(23-5)14(3)19(16)24-6/h7-8,12-13H,9-11H2,1-6H3/t12-,13+. The molecule has 6 heteroatoms. The monoisotopic (exact) mass is 360 g/mol. The number of ether oxygens (including phenoxy) is 3. The second kappa shape index (κ2) is 7.68. The summed E-state index contributed by atoms with van der Waals surface area (Å²) in [6.45, 7) is 10.7. The largest absolute Gasteiger partial charge is 0.496 e. The molecule has 1 aliphatic rings. The maximum Gasteiger partial charge on any atom is 0.230 e. The Bertz CT molecular complexity index is 761. The summed E-state index contributed by atoms with van der Waals surface area (Å²) in [5.74, 6) is 2.92. The maximum absolute atomic E-state index is 5.98. The van der Waals surface area contributed by atoms with E-state index in [0.717, 1.165) is 53.7 Å². The fourth-order valence-corrected chi connectivity index (χ4v) is 3.64. The molecular weight excluding hydrogens is 332 g/mol. The summed E-state index contributed by atoms with van der Waals surface area (Å²) >= 11 is 0. The SMILES string of the molecule is COc1ccc(-c2nc(CN3C[C@@H](C)O[C@@H](C)C3)c(C)o2)c(OC)c1C. The van der Waals surface area contributed by atoms with E-state index in [0.29, 0.717) is 5.89 Å². The van der Waals surface area contributed by atoms with Crippen molar-refractivity contribution in [1.82, 2.24) is 9.88 Å². The summed E-state index contributed by atoms with van der Waals surface area (Å²) in [5.41, 5.74) is 2.72. The predicted molar refractivity (Wildman–Crippen MR) is 99.8 cm³/mol. The first kappa shape index (κ1) is 18.7. The zero-order valence-corrected chi connectivity index (χ0v) is 16.5. The Balaban J connectivity index is 1.88. The van der Waals surface area contributed by atoms with Gasteiger partial charge in [0.2, 0.25) is 5.89 Å². The highest BCUT2D eigenvalue weighted by Gasteiger charge is 2.25. The molecule has 0 N–H and O–H groups in total. The fourth-order valence-electron chi connectivity index (χ4n) is 3.64. The first-order valence-corrected chi connectivity index (χ1v) is 8.99. The topological polar surface area (TPSA) is 57.0 Å². The quantitative estimate of drug-likeness (QED) is 0.812. The summed E-state index contributed by atoms with van der Waals surface area (Å²) in [6, 6.07) is 3.84. The molecule has 2 aromatic rings. The number of nitrogens with zero attached hydrogens (tertiary/aromatic N) is 2. The average molecular weight is 360 g/mol. The second-order valence-corrected chi connectivity index (χ2v) is 6.95. The van der Waals surface area contributed by atoms with Crippen molar-refractivity contribution in [2.24, 2.45) is 0 Å². The molecule has 0 saturated carbocycles. The average Bonchev–Trinajstić information content (AvgIpc) is 2.94. The van der Waals surface area contributed by atoms with Gasteiger partial charge in [0.25, 0.3) is 0 Å². The van der Waals surface area contributed by atoms with E-state index < -0.39 is 0 Å². The predicted octanol–water partition coefficient (Wildman–Crippen LogP) is 3.58. The molecular formula is C20H28N2O4. The Kier molecular flexibility index (Phi) is 5.53. The lowest BCUT2D eigenvalue weighted by molar-refractivity contribution is -0.0708. The third-order valence-electron chi connectivity index (χ3n) is 4.77. The highest BCUT2D eigenvalue weighted by molar-refractivity contribution is 5.68. The molecule has 6 nitrogen and oxygen atoms in total. The molecule has 0 spiro atoms. The van der Waals surface area contributed by atoms with Gasteiger partial charge in [-0.2, -0.15) is 0 Å². The van der Waals surface area contributed by atoms with Crippen molar-refractivity contribution in [3.05, 3.63) is 29.2 Å². The maximum atomic E-state index is 5.98. The highest BCUT2D eigenvalue weighted by Crippen LogP contribution is 2.38. The van der Waals surface area contributed by atoms with Gasteiger partial charge in [-0.25, -0.2) is 4.98 Å². The Labute approximate surface area is 155 Å². The van der Waals surface area contributed by atoms with Crippen LogP contribution in [0, 0.1) is 13.8 Å². The van der Waals surface area contributed by atoms with Crippen molar-refractivity contribution in [2.75, 3.05) is 27.3 Å². The molecule has 142 valence electrons. The van der Waals surface area contributed by atoms with Gasteiger partial charge in [-0.15, -0.1) is 0 Å². The summed E-state index contributed by atoms with van der Waals surface area (Å²) in [4.78, 5) is 7.12. The van der Waals surface area contributed by atoms with E-state index >= 15 is 0 Å². The number of morpholine rings is 1. The van der Waals surface area contributed by atoms with Gasteiger partial charge in [0.05, 0.1) is 37.7 Å². The van der Waals surface area contributed by atoms with Gasteiger partial charge >= 0.3 is 0 Å². The van der Waals surface area contributed by atoms with Crippen molar-refractivity contribution >= 4 is 0 Å². The van der Waals surface area contributed by atoms with Crippen molar-refractivity contribution in [1.29, 1.82) is 0 Å². The Morgan fingerprint density at radius 3 is 2.42 bits per heavy atom. The lowest BCUT2D eigenvalue weighted by atomic mass is 10.1. The molecule has 0 radical (unpaired) electrons. The zero-order chi connectivity index (χ0) is 18.8. The van der Waals surface area contributed by atoms with Crippen LogP contribution in [0.25, 0.3) is 11.5 Å². The van der Waals surface area contributed by atoms with Crippen LogP contribution in [0.2, 0.25) is 0 Å². The fraction of sp³-hybridized carbons (Fsp3) is 0.550. The van der Waals surface area contributed by atoms with Crippen LogP contribution < -0.4 is 9.47 Å². The van der Waals surface area contributed by atoms with Crippen LogP contribution in [-0.2, 0) is 11.3 Å². The van der Waals surface area contributed by atoms with Crippen LogP contribution >= 0.6 is 0 Å². The van der Waals surface area contributed by atoms with Crippen molar-refractivity contribution in [3.8, 4) is 23.0 Å². The zero-order valence-electron chi connectivity index (χ0n) is 16.5. The van der Waals surface area contributed by atoms with Gasteiger partial charge in [-0.1, -0.05) is 0 Å². The molecule has 0 aliphatic carbocycles. The number of aryl methyl sites for hydroxylation is 1. The van der Waals surface area contributed by atoms with Crippen molar-refractivity contribution in [3.63, 3.8) is 0 Å². The molecule has 3 rings (SSSR count). The van der Waals surface area contributed by atoms with Gasteiger partial charge < -0.3 is 18.6 Å². The number of hydrogen-bond acceptors (Lipinski definition) is 6. The second-order valence-electron chi connectivity index (χ2n) is 6.95. The summed E-state index contributed by atoms with van der Waals surface area (Å²) in [5, 5.41) is 0. The first-order chi connectivity index (χ1) is 12.4. The minimum Gasteiger partial charge on any atom is -0.496 e. The molecule has 1 aromatic heterocycles.